The van der Waals surface area contributed by atoms with Gasteiger partial charge < -0.3 is 16.8 Å². The third kappa shape index (κ3) is 6.20. The fourth-order valence-electron chi connectivity index (χ4n) is 2.24. The Labute approximate surface area is 159 Å². The second-order valence-electron chi connectivity index (χ2n) is 5.36. The van der Waals surface area contributed by atoms with Gasteiger partial charge in [-0.25, -0.2) is 13.6 Å². The largest absolute Gasteiger partial charge is 0.399 e. The van der Waals surface area contributed by atoms with Crippen molar-refractivity contribution in [2.45, 2.75) is 4.90 Å². The van der Waals surface area contributed by atoms with E-state index in [9.17, 15) is 8.42 Å². The average Bonchev–Trinajstić information content (AvgIpc) is 2.60. The van der Waals surface area contributed by atoms with Gasteiger partial charge in [-0.2, -0.15) is 0 Å². The third-order valence-corrected chi connectivity index (χ3v) is 4.39. The number of halogens is 1. The number of nitrogens with one attached hydrogen (secondary N) is 1. The summed E-state index contributed by atoms with van der Waals surface area (Å²) in [6.45, 7) is 1.47. The van der Waals surface area contributed by atoms with Crippen LogP contribution in [0.2, 0.25) is 0 Å². The molecule has 0 fully saturated rings. The van der Waals surface area contributed by atoms with Crippen molar-refractivity contribution < 1.29 is 8.42 Å². The molecule has 0 aliphatic heterocycles. The normalized spacial score (nSPS) is 10.4. The number of sulfonamides is 1. The van der Waals surface area contributed by atoms with Crippen LogP contribution in [0.1, 0.15) is 0 Å². The molecule has 0 radical (unpaired) electrons. The smallest absolute Gasteiger partial charge is 0.238 e. The van der Waals surface area contributed by atoms with Crippen LogP contribution >= 0.6 is 12.4 Å². The minimum atomic E-state index is -3.58. The van der Waals surface area contributed by atoms with Crippen molar-refractivity contribution in [2.75, 3.05) is 24.1 Å². The van der Waals surface area contributed by atoms with Gasteiger partial charge in [0.1, 0.15) is 0 Å². The summed E-state index contributed by atoms with van der Waals surface area (Å²) < 4.78 is 21.4. The van der Waals surface area contributed by atoms with Crippen molar-refractivity contribution in [2.24, 2.45) is 10.9 Å². The quantitative estimate of drug-likeness (QED) is 0.506. The second kappa shape index (κ2) is 9.98. The first-order chi connectivity index (χ1) is 11.9. The maximum atomic E-state index is 10.7. The molecule has 26 heavy (non-hydrogen) atoms. The predicted octanol–water partition coefficient (Wildman–Crippen LogP) is 2.55. The molecule has 0 aliphatic rings. The van der Waals surface area contributed by atoms with Crippen LogP contribution < -0.4 is 21.9 Å². The van der Waals surface area contributed by atoms with Crippen molar-refractivity contribution in [1.29, 1.82) is 0 Å². The summed E-state index contributed by atoms with van der Waals surface area (Å²) >= 11 is 0. The zero-order valence-electron chi connectivity index (χ0n) is 14.1. The van der Waals surface area contributed by atoms with E-state index in [-0.39, 0.29) is 17.3 Å². The van der Waals surface area contributed by atoms with E-state index in [2.05, 4.69) is 47.8 Å². The Bertz CT molecular complexity index is 926. The molecule has 0 amide bonds. The van der Waals surface area contributed by atoms with Gasteiger partial charge in [0.2, 0.25) is 10.0 Å². The van der Waals surface area contributed by atoms with Gasteiger partial charge in [0.05, 0.1) is 4.90 Å². The van der Waals surface area contributed by atoms with Gasteiger partial charge in [-0.05, 0) is 35.7 Å². The topological polar surface area (TPSA) is 124 Å². The fraction of sp³-hybridized carbons (Fsp3) is 0.111. The predicted molar refractivity (Wildman–Crippen MR) is 111 cm³/mol. The fourth-order valence-corrected chi connectivity index (χ4v) is 2.76. The lowest BCUT2D eigenvalue weighted by Crippen LogP contribution is -2.13. The average molecular weight is 395 g/mol. The van der Waals surface area contributed by atoms with Gasteiger partial charge in [0, 0.05) is 29.9 Å². The molecule has 0 spiro atoms. The summed E-state index contributed by atoms with van der Waals surface area (Å²) in [7, 11) is -3.58. The second-order valence-corrected chi connectivity index (χ2v) is 6.92. The van der Waals surface area contributed by atoms with Gasteiger partial charge in [-0.1, -0.05) is 36.4 Å². The van der Waals surface area contributed by atoms with Gasteiger partial charge in [-0.3, -0.25) is 0 Å². The van der Waals surface area contributed by atoms with Crippen molar-refractivity contribution >= 4 is 44.6 Å². The molecule has 0 saturated heterocycles. The number of rotatable bonds is 4. The van der Waals surface area contributed by atoms with Gasteiger partial charge >= 0.3 is 0 Å². The Balaban J connectivity index is 0.000000258. The summed E-state index contributed by atoms with van der Waals surface area (Å²) in [4.78, 5) is 0.0756. The Morgan fingerprint density at radius 1 is 0.885 bits per heavy atom. The molecule has 0 aliphatic carbocycles. The number of primary sulfonamides is 1. The number of anilines is 2. The van der Waals surface area contributed by atoms with Gasteiger partial charge in [-0.15, -0.1) is 12.4 Å². The first kappa shape index (κ1) is 21.7. The van der Waals surface area contributed by atoms with E-state index >= 15 is 0 Å². The molecule has 3 aromatic rings. The summed E-state index contributed by atoms with van der Waals surface area (Å²) in [5.41, 5.74) is 12.5. The highest BCUT2D eigenvalue weighted by Gasteiger charge is 2.05. The molecule has 6 nitrogen and oxygen atoms in total. The van der Waals surface area contributed by atoms with E-state index in [1.807, 2.05) is 0 Å². The van der Waals surface area contributed by atoms with Crippen LogP contribution in [0.25, 0.3) is 10.8 Å². The first-order valence-corrected chi connectivity index (χ1v) is 9.26. The summed E-state index contributed by atoms with van der Waals surface area (Å²) in [5.74, 6) is 0. The lowest BCUT2D eigenvalue weighted by Gasteiger charge is -2.08. The molecule has 0 heterocycles. The van der Waals surface area contributed by atoms with Crippen LogP contribution in [0.3, 0.4) is 0 Å². The van der Waals surface area contributed by atoms with Crippen molar-refractivity contribution in [3.63, 3.8) is 0 Å². The maximum absolute atomic E-state index is 10.7. The van der Waals surface area contributed by atoms with E-state index in [1.54, 1.807) is 0 Å². The molecule has 140 valence electrons. The Kier molecular flexibility index (Phi) is 8.34. The highest BCUT2D eigenvalue weighted by molar-refractivity contribution is 7.89. The molecule has 0 aromatic heterocycles. The van der Waals surface area contributed by atoms with Gasteiger partial charge in [0.15, 0.2) is 0 Å². The molecule has 0 saturated carbocycles. The van der Waals surface area contributed by atoms with Crippen molar-refractivity contribution in [3.8, 4) is 0 Å². The summed E-state index contributed by atoms with van der Waals surface area (Å²) in [6.07, 6.45) is 0. The minimum Gasteiger partial charge on any atom is -0.399 e. The Morgan fingerprint density at radius 2 is 1.50 bits per heavy atom. The van der Waals surface area contributed by atoms with E-state index in [0.29, 0.717) is 12.2 Å². The molecule has 0 unspecified atom stereocenters. The van der Waals surface area contributed by atoms with Crippen LogP contribution in [0.5, 0.6) is 0 Å². The molecule has 3 rings (SSSR count). The zero-order chi connectivity index (χ0) is 18.3. The monoisotopic (exact) mass is 394 g/mol. The lowest BCUT2D eigenvalue weighted by molar-refractivity contribution is 0.598. The summed E-state index contributed by atoms with van der Waals surface area (Å²) in [6, 6.07) is 20.3. The van der Waals surface area contributed by atoms with Crippen molar-refractivity contribution in [1.82, 2.24) is 0 Å². The van der Waals surface area contributed by atoms with E-state index in [0.717, 1.165) is 12.2 Å². The number of hydrogen-bond donors (Lipinski definition) is 4. The van der Waals surface area contributed by atoms with E-state index in [1.165, 1.54) is 35.0 Å². The molecule has 3 aromatic carbocycles. The lowest BCUT2D eigenvalue weighted by atomic mass is 10.1. The van der Waals surface area contributed by atoms with E-state index < -0.39 is 10.0 Å². The molecule has 7 N–H and O–H groups in total. The van der Waals surface area contributed by atoms with Crippen LogP contribution in [-0.4, -0.2) is 21.5 Å². The van der Waals surface area contributed by atoms with Gasteiger partial charge in [0.25, 0.3) is 0 Å². The molecule has 0 atom stereocenters. The van der Waals surface area contributed by atoms with Crippen LogP contribution in [0.4, 0.5) is 11.4 Å². The summed E-state index contributed by atoms with van der Waals surface area (Å²) in [5, 5.41) is 10.7. The number of benzene rings is 3. The zero-order valence-corrected chi connectivity index (χ0v) is 15.8. The van der Waals surface area contributed by atoms with E-state index in [4.69, 9.17) is 16.6 Å². The number of nitrogens with two attached hydrogens (primary N) is 3. The SMILES string of the molecule is Cl.NCCNc1cccc2ccccc12.Nc1ccc(S(N)(=O)=O)cc1. The number of nitrogen functional groups attached to an aromatic ring is 1. The minimum absolute atomic E-state index is 0. The Morgan fingerprint density at radius 3 is 2.12 bits per heavy atom. The van der Waals surface area contributed by atoms with Crippen LogP contribution in [0, 0.1) is 0 Å². The molecular formula is C18H23ClN4O2S. The molecule has 8 heteroatoms. The Hall–Kier alpha value is -2.32. The van der Waals surface area contributed by atoms with Crippen LogP contribution in [-0.2, 0) is 10.0 Å². The number of fused-ring (bicyclic) bond motifs is 1. The highest BCUT2D eigenvalue weighted by Crippen LogP contribution is 2.22. The first-order valence-electron chi connectivity index (χ1n) is 7.72. The highest BCUT2D eigenvalue weighted by atomic mass is 35.5. The maximum Gasteiger partial charge on any atom is 0.238 e. The number of hydrogen-bond acceptors (Lipinski definition) is 5. The molecular weight excluding hydrogens is 372 g/mol. The van der Waals surface area contributed by atoms with Crippen LogP contribution in [0.15, 0.2) is 71.6 Å². The van der Waals surface area contributed by atoms with Crippen molar-refractivity contribution in [3.05, 3.63) is 66.7 Å². The third-order valence-electron chi connectivity index (χ3n) is 3.46. The standard InChI is InChI=1S/C12H14N2.C6H8N2O2S.ClH/c13-8-9-14-12-7-3-5-10-4-1-2-6-11(10)12;7-5-1-3-6(4-2-5)11(8,9)10;/h1-7,14H,8-9,13H2;1-4H,7H2,(H2,8,9,10);1H. The molecule has 0 bridgehead atoms.